The summed E-state index contributed by atoms with van der Waals surface area (Å²) in [6, 6.07) is -0.224. The molecule has 5 nitrogen and oxygen atoms in total. The second-order valence-electron chi connectivity index (χ2n) is 2.71. The molecule has 2 aliphatic rings. The van der Waals surface area contributed by atoms with E-state index in [0.29, 0.717) is 0 Å². The molecule has 2 heterocycles. The molecule has 0 aliphatic carbocycles. The number of hydrogen-bond acceptors (Lipinski definition) is 3. The van der Waals surface area contributed by atoms with Gasteiger partial charge in [0.25, 0.3) is 0 Å². The Morgan fingerprint density at radius 2 is 2.45 bits per heavy atom. The van der Waals surface area contributed by atoms with E-state index in [1.165, 1.54) is 0 Å². The fourth-order valence-electron chi connectivity index (χ4n) is 1.33. The highest BCUT2D eigenvalue weighted by Gasteiger charge is 2.66. The van der Waals surface area contributed by atoms with Gasteiger partial charge in [-0.2, -0.15) is 0 Å². The average Bonchev–Trinajstić information content (AvgIpc) is 2.47. The van der Waals surface area contributed by atoms with Crippen LogP contribution in [-0.4, -0.2) is 28.8 Å². The molecule has 0 spiro atoms. The van der Waals surface area contributed by atoms with Gasteiger partial charge in [-0.25, -0.2) is 4.99 Å². The molecule has 62 valence electrons. The molecule has 0 amide bonds. The topological polar surface area (TPSA) is 97.2 Å². The normalized spacial score (nSPS) is 46.6. The summed E-state index contributed by atoms with van der Waals surface area (Å²) in [5, 5.41) is 9.57. The predicted octanol–water partition coefficient (Wildman–Crippen LogP) is -0.895. The zero-order valence-corrected chi connectivity index (χ0v) is 6.79. The molecule has 0 saturated carbocycles. The lowest BCUT2D eigenvalue weighted by Crippen LogP contribution is -2.30. The molecule has 0 aromatic heterocycles. The maximum absolute atomic E-state index is 9.57. The first kappa shape index (κ1) is 7.28. The number of hydrogen-bond donors (Lipinski definition) is 3. The molecule has 2 rings (SSSR count). The highest BCUT2D eigenvalue weighted by molar-refractivity contribution is 7.60. The van der Waals surface area contributed by atoms with E-state index in [1.54, 1.807) is 0 Å². The average molecular weight is 175 g/mol. The van der Waals surface area contributed by atoms with E-state index < -0.39 is 13.7 Å². The van der Waals surface area contributed by atoms with E-state index in [9.17, 15) is 5.11 Å². The van der Waals surface area contributed by atoms with Crippen LogP contribution < -0.4 is 11.5 Å². The highest BCUT2D eigenvalue weighted by atomic mass is 31.2. The van der Waals surface area contributed by atoms with Crippen molar-refractivity contribution in [3.05, 3.63) is 0 Å². The maximum Gasteiger partial charge on any atom is 0.236 e. The Bertz CT molecular complexity index is 216. The molecule has 3 unspecified atom stereocenters. The minimum absolute atomic E-state index is 0.0239. The van der Waals surface area contributed by atoms with Crippen molar-refractivity contribution in [3.63, 3.8) is 0 Å². The molecular weight excluding hydrogens is 165 g/mol. The first-order chi connectivity index (χ1) is 5.13. The van der Waals surface area contributed by atoms with E-state index in [4.69, 9.17) is 16.0 Å². The lowest BCUT2D eigenvalue weighted by molar-refractivity contribution is 0.0139. The van der Waals surface area contributed by atoms with Gasteiger partial charge in [0.1, 0.15) is 6.04 Å². The van der Waals surface area contributed by atoms with Crippen LogP contribution in [0.3, 0.4) is 0 Å². The van der Waals surface area contributed by atoms with Crippen LogP contribution in [0, 0.1) is 0 Å². The first-order valence-electron chi connectivity index (χ1n) is 3.41. The van der Waals surface area contributed by atoms with Gasteiger partial charge in [-0.05, 0) is 12.6 Å². The van der Waals surface area contributed by atoms with Crippen LogP contribution in [0.5, 0.6) is 0 Å². The quantitative estimate of drug-likeness (QED) is 0.208. The van der Waals surface area contributed by atoms with Crippen molar-refractivity contribution in [2.75, 3.05) is 6.16 Å². The highest BCUT2D eigenvalue weighted by Crippen LogP contribution is 2.75. The van der Waals surface area contributed by atoms with Crippen LogP contribution in [0.2, 0.25) is 0 Å². The molecule has 11 heavy (non-hydrogen) atoms. The zero-order valence-electron chi connectivity index (χ0n) is 5.90. The van der Waals surface area contributed by atoms with E-state index in [0.717, 1.165) is 12.6 Å². The molecule has 2 saturated heterocycles. The van der Waals surface area contributed by atoms with Crippen LogP contribution in [0.15, 0.2) is 4.99 Å². The Kier molecular flexibility index (Phi) is 1.36. The monoisotopic (exact) mass is 175 g/mol. The molecule has 2 fully saturated rings. The summed E-state index contributed by atoms with van der Waals surface area (Å²) in [5.41, 5.74) is 9.39. The molecule has 0 bridgehead atoms. The fourth-order valence-corrected chi connectivity index (χ4v) is 3.32. The van der Waals surface area contributed by atoms with Crippen molar-refractivity contribution >= 4 is 14.1 Å². The number of guanidine groups is 1. The maximum atomic E-state index is 9.57. The minimum atomic E-state index is -0.973. The molecular formula is C5H10N3O2P. The summed E-state index contributed by atoms with van der Waals surface area (Å²) in [4.78, 5) is 3.88. The molecule has 0 aromatic carbocycles. The number of nitrogens with zero attached hydrogens (tertiary/aromatic N) is 1. The second kappa shape index (κ2) is 2.06. The molecule has 2 aliphatic heterocycles. The summed E-state index contributed by atoms with van der Waals surface area (Å²) < 4.78 is 5.06. The smallest absolute Gasteiger partial charge is 0.236 e. The number of rotatable bonds is 1. The van der Waals surface area contributed by atoms with Crippen LogP contribution >= 0.6 is 8.15 Å². The zero-order chi connectivity index (χ0) is 8.06. The minimum Gasteiger partial charge on any atom is -0.370 e. The van der Waals surface area contributed by atoms with Gasteiger partial charge < -0.3 is 21.1 Å². The third-order valence-electron chi connectivity index (χ3n) is 1.91. The van der Waals surface area contributed by atoms with Gasteiger partial charge in [0.2, 0.25) is 5.53 Å². The summed E-state index contributed by atoms with van der Waals surface area (Å²) >= 11 is 0. The van der Waals surface area contributed by atoms with Gasteiger partial charge in [-0.1, -0.05) is 0 Å². The SMILES string of the molecule is NC(N)=NC1CCP2OC12O. The van der Waals surface area contributed by atoms with Crippen molar-refractivity contribution in [1.82, 2.24) is 0 Å². The third kappa shape index (κ3) is 1.00. The van der Waals surface area contributed by atoms with Crippen molar-refractivity contribution in [2.45, 2.75) is 18.0 Å². The third-order valence-corrected chi connectivity index (χ3v) is 4.02. The lowest BCUT2D eigenvalue weighted by atomic mass is 10.2. The van der Waals surface area contributed by atoms with Crippen LogP contribution in [0.1, 0.15) is 6.42 Å². The Labute approximate surface area is 65.3 Å². The van der Waals surface area contributed by atoms with E-state index in [1.807, 2.05) is 0 Å². The fraction of sp³-hybridized carbons (Fsp3) is 0.800. The van der Waals surface area contributed by atoms with Gasteiger partial charge in [0, 0.05) is 0 Å². The van der Waals surface area contributed by atoms with Crippen LogP contribution in [-0.2, 0) is 4.52 Å². The molecule has 0 aromatic rings. The number of fused-ring (bicyclic) bond motifs is 1. The molecule has 3 atom stereocenters. The molecule has 0 radical (unpaired) electrons. The number of aliphatic imine (C=N–C) groups is 1. The van der Waals surface area contributed by atoms with E-state index in [2.05, 4.69) is 4.99 Å². The van der Waals surface area contributed by atoms with Gasteiger partial charge in [-0.3, -0.25) is 0 Å². The summed E-state index contributed by atoms with van der Waals surface area (Å²) in [5.74, 6) is 0.0239. The van der Waals surface area contributed by atoms with Gasteiger partial charge in [0.05, 0.1) is 8.15 Å². The van der Waals surface area contributed by atoms with Gasteiger partial charge in [-0.15, -0.1) is 0 Å². The van der Waals surface area contributed by atoms with Gasteiger partial charge in [0.15, 0.2) is 5.96 Å². The molecule has 6 heteroatoms. The first-order valence-corrected chi connectivity index (χ1v) is 4.85. The van der Waals surface area contributed by atoms with Crippen LogP contribution in [0.25, 0.3) is 0 Å². The largest absolute Gasteiger partial charge is 0.370 e. The standard InChI is InChI=1S/C5H10N3O2P/c6-4(7)8-3-1-2-11-5(3,9)10-11/h3,9H,1-2H2,(H4,6,7,8). The second-order valence-corrected chi connectivity index (χ2v) is 4.74. The Balaban J connectivity index is 2.11. The van der Waals surface area contributed by atoms with Crippen molar-refractivity contribution in [3.8, 4) is 0 Å². The van der Waals surface area contributed by atoms with Crippen LogP contribution in [0.4, 0.5) is 0 Å². The predicted molar refractivity (Wildman–Crippen MR) is 42.0 cm³/mol. The van der Waals surface area contributed by atoms with Crippen molar-refractivity contribution in [1.29, 1.82) is 0 Å². The summed E-state index contributed by atoms with van der Waals surface area (Å²) in [7, 11) is -0.613. The Hall–Kier alpha value is -0.380. The number of nitrogens with two attached hydrogens (primary N) is 2. The number of aliphatic hydroxyl groups is 1. The Morgan fingerprint density at radius 1 is 1.73 bits per heavy atom. The summed E-state index contributed by atoms with van der Waals surface area (Å²) in [6.07, 6.45) is 1.74. The van der Waals surface area contributed by atoms with Crippen molar-refractivity contribution < 1.29 is 9.63 Å². The van der Waals surface area contributed by atoms with Gasteiger partial charge >= 0.3 is 0 Å². The molecule has 5 N–H and O–H groups in total. The van der Waals surface area contributed by atoms with Crippen molar-refractivity contribution in [2.24, 2.45) is 16.5 Å². The van der Waals surface area contributed by atoms with E-state index >= 15 is 0 Å². The lowest BCUT2D eigenvalue weighted by Gasteiger charge is -2.09. The Morgan fingerprint density at radius 3 is 2.82 bits per heavy atom. The summed E-state index contributed by atoms with van der Waals surface area (Å²) in [6.45, 7) is 0. The van der Waals surface area contributed by atoms with E-state index in [-0.39, 0.29) is 12.0 Å².